The molecule has 7 nitrogen and oxygen atoms in total. The molecule has 0 radical (unpaired) electrons. The van der Waals surface area contributed by atoms with Crippen molar-refractivity contribution in [1.82, 2.24) is 24.8 Å². The monoisotopic (exact) mass is 389 g/mol. The fraction of sp³-hybridized carbons (Fsp3) is 0.632. The van der Waals surface area contributed by atoms with Crippen LogP contribution in [0.4, 0.5) is 0 Å². The smallest absolute Gasteiger partial charge is 0.240 e. The zero-order chi connectivity index (χ0) is 18.8. The Kier molecular flexibility index (Phi) is 5.56. The Balaban J connectivity index is 1.29. The molecule has 0 N–H and O–H groups in total. The van der Waals surface area contributed by atoms with Crippen LogP contribution in [-0.4, -0.2) is 70.0 Å². The van der Waals surface area contributed by atoms with Gasteiger partial charge in [0.15, 0.2) is 5.82 Å². The second-order valence-corrected chi connectivity index (χ2v) is 8.35. The number of aromatic nitrogens is 2. The minimum absolute atomic E-state index is 0.245. The third kappa shape index (κ3) is 4.07. The molecule has 8 heteroatoms. The molecule has 2 aliphatic rings. The minimum atomic E-state index is 0.245. The zero-order valence-electron chi connectivity index (χ0n) is 16.1. The van der Waals surface area contributed by atoms with Crippen LogP contribution in [0.5, 0.6) is 0 Å². The van der Waals surface area contributed by atoms with E-state index in [0.29, 0.717) is 24.8 Å². The van der Waals surface area contributed by atoms with Crippen molar-refractivity contribution in [2.45, 2.75) is 39.3 Å². The fourth-order valence-corrected chi connectivity index (χ4v) is 5.05. The Labute approximate surface area is 163 Å². The SMILES string of the molecule is CCC1c2ccsc2CCN1C(=O)CN1CCN(Cc2nc(C)no2)CC1. The highest BCUT2D eigenvalue weighted by molar-refractivity contribution is 7.10. The normalized spacial score (nSPS) is 21.4. The molecule has 0 aliphatic carbocycles. The molecule has 4 rings (SSSR count). The van der Waals surface area contributed by atoms with Gasteiger partial charge in [-0.2, -0.15) is 4.98 Å². The third-order valence-electron chi connectivity index (χ3n) is 5.55. The van der Waals surface area contributed by atoms with Crippen LogP contribution < -0.4 is 0 Å². The second-order valence-electron chi connectivity index (χ2n) is 7.35. The summed E-state index contributed by atoms with van der Waals surface area (Å²) in [7, 11) is 0. The summed E-state index contributed by atoms with van der Waals surface area (Å²) in [6.07, 6.45) is 1.97. The molecule has 1 fully saturated rings. The number of nitrogens with zero attached hydrogens (tertiary/aromatic N) is 5. The van der Waals surface area contributed by atoms with Gasteiger partial charge in [0.2, 0.25) is 11.8 Å². The Bertz CT molecular complexity index is 781. The highest BCUT2D eigenvalue weighted by Gasteiger charge is 2.31. The predicted octanol–water partition coefficient (Wildman–Crippen LogP) is 2.09. The average Bonchev–Trinajstić information content (AvgIpc) is 3.31. The number of fused-ring (bicyclic) bond motifs is 1. The van der Waals surface area contributed by atoms with Crippen molar-refractivity contribution < 1.29 is 9.32 Å². The molecule has 27 heavy (non-hydrogen) atoms. The van der Waals surface area contributed by atoms with E-state index in [-0.39, 0.29) is 11.9 Å². The number of carbonyl (C=O) groups is 1. The van der Waals surface area contributed by atoms with Gasteiger partial charge in [-0.3, -0.25) is 14.6 Å². The van der Waals surface area contributed by atoms with Crippen LogP contribution in [0.25, 0.3) is 0 Å². The first-order valence-electron chi connectivity index (χ1n) is 9.73. The summed E-state index contributed by atoms with van der Waals surface area (Å²) in [5.74, 6) is 1.61. The van der Waals surface area contributed by atoms with E-state index in [1.165, 1.54) is 10.4 Å². The van der Waals surface area contributed by atoms with Crippen LogP contribution in [0.3, 0.4) is 0 Å². The van der Waals surface area contributed by atoms with E-state index < -0.39 is 0 Å². The van der Waals surface area contributed by atoms with Gasteiger partial charge in [-0.15, -0.1) is 11.3 Å². The molecular weight excluding hydrogens is 362 g/mol. The number of hydrogen-bond acceptors (Lipinski definition) is 7. The van der Waals surface area contributed by atoms with Gasteiger partial charge in [-0.05, 0) is 36.8 Å². The number of thiophene rings is 1. The first-order valence-corrected chi connectivity index (χ1v) is 10.6. The van der Waals surface area contributed by atoms with Gasteiger partial charge in [0.1, 0.15) is 0 Å². The van der Waals surface area contributed by atoms with Gasteiger partial charge in [-0.25, -0.2) is 0 Å². The van der Waals surface area contributed by atoms with E-state index in [9.17, 15) is 4.79 Å². The minimum Gasteiger partial charge on any atom is -0.338 e. The Morgan fingerprint density at radius 1 is 1.26 bits per heavy atom. The average molecular weight is 390 g/mol. The van der Waals surface area contributed by atoms with Crippen molar-refractivity contribution >= 4 is 17.2 Å². The van der Waals surface area contributed by atoms with Crippen molar-refractivity contribution in [3.8, 4) is 0 Å². The standard InChI is InChI=1S/C19H27N5O2S/c1-3-16-15-5-11-27-17(15)4-6-24(16)19(25)13-23-9-7-22(8-10-23)12-18-20-14(2)21-26-18/h5,11,16H,3-4,6-10,12-13H2,1-2H3. The van der Waals surface area contributed by atoms with E-state index in [1.54, 1.807) is 0 Å². The van der Waals surface area contributed by atoms with Crippen LogP contribution in [0.15, 0.2) is 16.0 Å². The van der Waals surface area contributed by atoms with Crippen LogP contribution in [-0.2, 0) is 17.8 Å². The molecule has 0 saturated carbocycles. The number of amides is 1. The maximum Gasteiger partial charge on any atom is 0.240 e. The van der Waals surface area contributed by atoms with Gasteiger partial charge in [0, 0.05) is 37.6 Å². The van der Waals surface area contributed by atoms with Crippen LogP contribution in [0, 0.1) is 6.92 Å². The second kappa shape index (κ2) is 8.08. The molecule has 2 aromatic heterocycles. The molecule has 0 aromatic carbocycles. The summed E-state index contributed by atoms with van der Waals surface area (Å²) in [5.41, 5.74) is 1.36. The molecular formula is C19H27N5O2S. The summed E-state index contributed by atoms with van der Waals surface area (Å²) in [4.78, 5) is 25.4. The van der Waals surface area contributed by atoms with Gasteiger partial charge in [-0.1, -0.05) is 12.1 Å². The largest absolute Gasteiger partial charge is 0.338 e. The van der Waals surface area contributed by atoms with E-state index in [2.05, 4.69) is 43.2 Å². The van der Waals surface area contributed by atoms with Crippen molar-refractivity contribution in [2.24, 2.45) is 0 Å². The molecule has 4 heterocycles. The Hall–Kier alpha value is -1.77. The fourth-order valence-electron chi connectivity index (χ4n) is 4.12. The zero-order valence-corrected chi connectivity index (χ0v) is 16.9. The molecule has 1 saturated heterocycles. The van der Waals surface area contributed by atoms with E-state index in [1.807, 2.05) is 18.3 Å². The predicted molar refractivity (Wildman–Crippen MR) is 104 cm³/mol. The summed E-state index contributed by atoms with van der Waals surface area (Å²) in [5, 5.41) is 6.00. The van der Waals surface area contributed by atoms with Gasteiger partial charge < -0.3 is 9.42 Å². The summed E-state index contributed by atoms with van der Waals surface area (Å²) in [6.45, 7) is 9.69. The molecule has 2 aliphatic heterocycles. The van der Waals surface area contributed by atoms with Crippen LogP contribution in [0.1, 0.15) is 41.5 Å². The van der Waals surface area contributed by atoms with Crippen molar-refractivity contribution in [2.75, 3.05) is 39.3 Å². The third-order valence-corrected chi connectivity index (χ3v) is 6.55. The lowest BCUT2D eigenvalue weighted by Gasteiger charge is -2.38. The lowest BCUT2D eigenvalue weighted by Crippen LogP contribution is -2.51. The first kappa shape index (κ1) is 18.6. The Morgan fingerprint density at radius 3 is 2.74 bits per heavy atom. The maximum atomic E-state index is 13.0. The van der Waals surface area contributed by atoms with E-state index in [4.69, 9.17) is 4.52 Å². The number of hydrogen-bond donors (Lipinski definition) is 0. The van der Waals surface area contributed by atoms with Crippen molar-refractivity contribution in [3.05, 3.63) is 33.6 Å². The maximum absolute atomic E-state index is 13.0. The number of aryl methyl sites for hydroxylation is 1. The van der Waals surface area contributed by atoms with Crippen molar-refractivity contribution in [3.63, 3.8) is 0 Å². The number of rotatable bonds is 5. The van der Waals surface area contributed by atoms with Gasteiger partial charge in [0.05, 0.1) is 19.1 Å². The van der Waals surface area contributed by atoms with E-state index in [0.717, 1.165) is 45.6 Å². The van der Waals surface area contributed by atoms with Crippen LogP contribution >= 0.6 is 11.3 Å². The molecule has 1 amide bonds. The van der Waals surface area contributed by atoms with Crippen LogP contribution in [0.2, 0.25) is 0 Å². The highest BCUT2D eigenvalue weighted by atomic mass is 32.1. The van der Waals surface area contributed by atoms with Crippen molar-refractivity contribution in [1.29, 1.82) is 0 Å². The summed E-state index contributed by atoms with van der Waals surface area (Å²) < 4.78 is 5.21. The molecule has 1 atom stereocenters. The van der Waals surface area contributed by atoms with Gasteiger partial charge >= 0.3 is 0 Å². The number of carbonyl (C=O) groups excluding carboxylic acids is 1. The Morgan fingerprint density at radius 2 is 2.04 bits per heavy atom. The molecule has 0 spiro atoms. The first-order chi connectivity index (χ1) is 13.1. The molecule has 146 valence electrons. The molecule has 2 aromatic rings. The number of piperazine rings is 1. The lowest BCUT2D eigenvalue weighted by atomic mass is 9.97. The molecule has 0 bridgehead atoms. The van der Waals surface area contributed by atoms with E-state index >= 15 is 0 Å². The summed E-state index contributed by atoms with van der Waals surface area (Å²) in [6, 6.07) is 2.44. The van der Waals surface area contributed by atoms with Gasteiger partial charge in [0.25, 0.3) is 0 Å². The highest BCUT2D eigenvalue weighted by Crippen LogP contribution is 2.35. The topological polar surface area (TPSA) is 65.7 Å². The lowest BCUT2D eigenvalue weighted by molar-refractivity contribution is -0.136. The summed E-state index contributed by atoms with van der Waals surface area (Å²) >= 11 is 1.83. The molecule has 1 unspecified atom stereocenters. The quantitative estimate of drug-likeness (QED) is 0.780.